The summed E-state index contributed by atoms with van der Waals surface area (Å²) >= 11 is 12.9. The molecule has 23 heteroatoms. The van der Waals surface area contributed by atoms with Crippen LogP contribution in [0.2, 0.25) is 0 Å². The predicted octanol–water partition coefficient (Wildman–Crippen LogP) is 11.4. The van der Waals surface area contributed by atoms with E-state index in [1.165, 1.54) is 66.0 Å². The highest BCUT2D eigenvalue weighted by Gasteiger charge is 2.34. The summed E-state index contributed by atoms with van der Waals surface area (Å²) in [5.74, 6) is -3.46. The van der Waals surface area contributed by atoms with Gasteiger partial charge in [0.25, 0.3) is 23.6 Å². The lowest BCUT2D eigenvalue weighted by Crippen LogP contribution is -2.22. The number of hydrogen-bond donors (Lipinski definition) is 6. The summed E-state index contributed by atoms with van der Waals surface area (Å²) in [7, 11) is -1.62. The van der Waals surface area contributed by atoms with E-state index in [1.807, 2.05) is 24.3 Å². The van der Waals surface area contributed by atoms with Gasteiger partial charge in [-0.3, -0.25) is 19.2 Å². The second-order valence-electron chi connectivity index (χ2n) is 14.5. The van der Waals surface area contributed by atoms with Gasteiger partial charge in [0.2, 0.25) is 0 Å². The highest BCUT2D eigenvalue weighted by molar-refractivity contribution is 8.00. The molecule has 0 bridgehead atoms. The minimum atomic E-state index is -4.53. The van der Waals surface area contributed by atoms with Crippen LogP contribution in [0.15, 0.2) is 163 Å². The Bertz CT molecular complexity index is 3160. The van der Waals surface area contributed by atoms with E-state index in [-0.39, 0.29) is 56.5 Å². The number of nitrogens with one attached hydrogen (secondary N) is 4. The van der Waals surface area contributed by atoms with E-state index in [9.17, 15) is 46.1 Å². The first-order valence-corrected chi connectivity index (χ1v) is 24.9. The number of anilines is 3. The molecular formula is C48H32Cl2F3N5O9S4. The van der Waals surface area contributed by atoms with Crippen molar-refractivity contribution in [3.05, 3.63) is 177 Å². The zero-order valence-electron chi connectivity index (χ0n) is 35.8. The lowest BCUT2D eigenvalue weighted by atomic mass is 10.1. The minimum Gasteiger partial charge on any atom is -0.478 e. The number of alkyl halides is 5. The Kier molecular flexibility index (Phi) is 16.7. The molecule has 1 aromatic heterocycles. The van der Waals surface area contributed by atoms with Crippen LogP contribution in [0.1, 0.15) is 72.0 Å². The summed E-state index contributed by atoms with van der Waals surface area (Å²) in [6.07, 6.45) is -3.47. The fourth-order valence-electron chi connectivity index (χ4n) is 6.65. The van der Waals surface area contributed by atoms with Gasteiger partial charge in [0.05, 0.1) is 77.4 Å². The Balaban J connectivity index is 0.000000158. The van der Waals surface area contributed by atoms with E-state index in [4.69, 9.17) is 33.4 Å². The van der Waals surface area contributed by atoms with E-state index in [0.29, 0.717) is 43.6 Å². The van der Waals surface area contributed by atoms with Gasteiger partial charge in [-0.25, -0.2) is 18.8 Å². The third-order valence-electron chi connectivity index (χ3n) is 9.89. The molecule has 3 aliphatic rings. The average molecular weight is 1080 g/mol. The molecule has 362 valence electrons. The summed E-state index contributed by atoms with van der Waals surface area (Å²) in [6.45, 7) is -0.132. The van der Waals surface area contributed by atoms with Crippen LogP contribution in [0.5, 0.6) is 0 Å². The molecule has 3 aliphatic heterocycles. The van der Waals surface area contributed by atoms with Crippen molar-refractivity contribution in [3.8, 4) is 0 Å². The van der Waals surface area contributed by atoms with Gasteiger partial charge in [-0.05, 0) is 91.0 Å². The third-order valence-corrected chi connectivity index (χ3v) is 14.7. The fraction of sp³-hybridized carbons (Fsp3) is 0.0625. The number of hydrogen-bond acceptors (Lipinski definition) is 11. The molecule has 1 unspecified atom stereocenters. The van der Waals surface area contributed by atoms with Crippen LogP contribution in [0.3, 0.4) is 0 Å². The summed E-state index contributed by atoms with van der Waals surface area (Å²) < 4.78 is 50.7. The Morgan fingerprint density at radius 3 is 1.56 bits per heavy atom. The quantitative estimate of drug-likeness (QED) is 0.0887. The van der Waals surface area contributed by atoms with Crippen LogP contribution >= 0.6 is 58.1 Å². The summed E-state index contributed by atoms with van der Waals surface area (Å²) in [4.78, 5) is 78.6. The molecule has 0 fully saturated rings. The number of carboxylic acids is 2. The van der Waals surface area contributed by atoms with Crippen LogP contribution in [0.25, 0.3) is 0 Å². The maximum absolute atomic E-state index is 12.9. The molecule has 0 aliphatic carbocycles. The predicted molar refractivity (Wildman–Crippen MR) is 264 cm³/mol. The molecule has 0 saturated carbocycles. The number of rotatable bonds is 5. The first kappa shape index (κ1) is 51.8. The fourth-order valence-corrected chi connectivity index (χ4v) is 10.7. The molecule has 10 rings (SSSR count). The van der Waals surface area contributed by atoms with Gasteiger partial charge in [0, 0.05) is 36.2 Å². The molecule has 4 heterocycles. The van der Waals surface area contributed by atoms with Gasteiger partial charge in [-0.1, -0.05) is 59.9 Å². The van der Waals surface area contributed by atoms with Gasteiger partial charge in [-0.15, -0.1) is 34.5 Å². The average Bonchev–Trinajstić information content (AvgIpc) is 3.69. The monoisotopic (exact) mass is 1080 g/mol. The number of amides is 4. The third kappa shape index (κ3) is 12.5. The minimum absolute atomic E-state index is 0.132. The molecule has 4 amide bonds. The number of fused-ring (bicyclic) bond motifs is 6. The number of aromatic carboxylic acids is 2. The van der Waals surface area contributed by atoms with Crippen molar-refractivity contribution in [2.75, 3.05) is 21.3 Å². The number of carboxylic acid groups (broad SMARTS) is 2. The largest absolute Gasteiger partial charge is 0.478 e. The second kappa shape index (κ2) is 22.8. The number of aromatic nitrogens is 1. The number of carbonyl (C=O) groups is 6. The molecular weight excluding hydrogens is 1050 g/mol. The van der Waals surface area contributed by atoms with Crippen molar-refractivity contribution in [2.24, 2.45) is 0 Å². The van der Waals surface area contributed by atoms with E-state index in [2.05, 4.69) is 26.3 Å². The summed E-state index contributed by atoms with van der Waals surface area (Å²) in [6, 6.07) is 34.9. The van der Waals surface area contributed by atoms with E-state index in [0.717, 1.165) is 25.8 Å². The van der Waals surface area contributed by atoms with E-state index < -0.39 is 45.7 Å². The highest BCUT2D eigenvalue weighted by Crippen LogP contribution is 2.41. The van der Waals surface area contributed by atoms with Crippen molar-refractivity contribution in [2.45, 2.75) is 42.1 Å². The number of benzene rings is 6. The number of thiazole rings is 1. The molecule has 6 aromatic carbocycles. The van der Waals surface area contributed by atoms with Gasteiger partial charge < -0.3 is 31.5 Å². The first-order chi connectivity index (χ1) is 33.9. The maximum Gasteiger partial charge on any atom is 0.443 e. The first-order valence-electron chi connectivity index (χ1n) is 20.2. The topological polar surface area (TPSA) is 221 Å². The van der Waals surface area contributed by atoms with Crippen molar-refractivity contribution in [3.63, 3.8) is 0 Å². The van der Waals surface area contributed by atoms with Crippen molar-refractivity contribution >= 4 is 121 Å². The van der Waals surface area contributed by atoms with Crippen molar-refractivity contribution < 1.29 is 56.4 Å². The van der Waals surface area contributed by atoms with Crippen LogP contribution < -0.4 is 21.3 Å². The van der Waals surface area contributed by atoms with Crippen LogP contribution in [-0.2, 0) is 23.5 Å². The number of carbonyl (C=O) groups excluding carboxylic acids is 4. The zero-order valence-corrected chi connectivity index (χ0v) is 40.6. The van der Waals surface area contributed by atoms with Gasteiger partial charge in [0.1, 0.15) is 0 Å². The summed E-state index contributed by atoms with van der Waals surface area (Å²) in [5, 5.41) is 27.8. The van der Waals surface area contributed by atoms with Crippen molar-refractivity contribution in [1.29, 1.82) is 0 Å². The lowest BCUT2D eigenvalue weighted by molar-refractivity contribution is -0.137. The van der Waals surface area contributed by atoms with Crippen molar-refractivity contribution in [1.82, 2.24) is 10.3 Å². The molecule has 0 radical (unpaired) electrons. The smallest absolute Gasteiger partial charge is 0.443 e. The van der Waals surface area contributed by atoms with Crippen LogP contribution in [-0.4, -0.2) is 60.3 Å². The highest BCUT2D eigenvalue weighted by atomic mass is 35.5. The second-order valence-corrected chi connectivity index (χ2v) is 20.0. The van der Waals surface area contributed by atoms with E-state index >= 15 is 0 Å². The molecule has 0 spiro atoms. The normalized spacial score (nSPS) is 13.8. The molecule has 1 atom stereocenters. The molecule has 14 nitrogen and oxygen atoms in total. The van der Waals surface area contributed by atoms with Crippen LogP contribution in [0.4, 0.5) is 30.2 Å². The Labute approximate surface area is 425 Å². The Morgan fingerprint density at radius 2 is 1.06 bits per heavy atom. The van der Waals surface area contributed by atoms with E-state index in [1.54, 1.807) is 60.7 Å². The molecule has 6 N–H and O–H groups in total. The maximum atomic E-state index is 12.9. The van der Waals surface area contributed by atoms with Crippen LogP contribution in [0, 0.1) is 0 Å². The van der Waals surface area contributed by atoms with Gasteiger partial charge in [0.15, 0.2) is 5.01 Å². The number of halogens is 5. The Hall–Kier alpha value is -7.01. The van der Waals surface area contributed by atoms with Gasteiger partial charge in [-0.2, -0.15) is 13.2 Å². The lowest BCUT2D eigenvalue weighted by Gasteiger charge is -2.09. The molecule has 0 saturated heterocycles. The summed E-state index contributed by atoms with van der Waals surface area (Å²) in [5.41, 5.74) is 3.26. The van der Waals surface area contributed by atoms with Gasteiger partial charge >= 0.3 is 18.1 Å². The standard InChI is InChI=1S/C19H12F3N3O3S2.2C14H9NO3S.CH2Cl2/c20-19(21,22)18-24-9-11(29-18)8-23-16(26)10-5-6-15-13(7-10)25-17(27)12-3-1-2-4-14(12)30(15)28;2*16-13-9-3-1-2-4-11(9)19-12-6-5-8(14(17)18)7-10(12)15-13;2-1-3/h1-7,9H,8H2,(H,23,26)(H,25,27);2*1-7H,(H,15,16)(H,17,18);1H2. The Morgan fingerprint density at radius 1 is 0.606 bits per heavy atom. The molecule has 7 aromatic rings. The zero-order chi connectivity index (χ0) is 51.0. The molecule has 71 heavy (non-hydrogen) atoms. The number of nitrogens with zero attached hydrogens (tertiary/aromatic N) is 1. The SMILES string of the molecule is ClCCl.O=C(NCc1cnc(C(F)(F)F)s1)c1ccc2c(c1)NC(=O)c1ccccc1S2=O.O=C(O)c1ccc2c(c1)NC(=O)c1ccccc1S2.O=C(O)c1ccc2c(c1)NC(=O)c1ccccc1S2.